The van der Waals surface area contributed by atoms with Crippen molar-refractivity contribution in [2.75, 3.05) is 0 Å². The van der Waals surface area contributed by atoms with Crippen molar-refractivity contribution >= 4 is 79.2 Å². The standard InChI is InChI=1S/C11H21Cl3Si.Cl3HSi/c1-2-3-4-5-6-7-8-9-10-11-15(12,13)14;1-4(2)3/h2H,1,3-11H2;4H. The SMILES string of the molecule is C=CCCCCCCCCC[Si](Cl)(Cl)Cl.Cl[SiH](Cl)Cl. The molecule has 0 spiro atoms. The lowest BCUT2D eigenvalue weighted by atomic mass is 10.1. The summed E-state index contributed by atoms with van der Waals surface area (Å²) >= 11 is 32.2. The summed E-state index contributed by atoms with van der Waals surface area (Å²) in [5, 5.41) is 0. The molecule has 0 aromatic carbocycles. The zero-order valence-corrected chi connectivity index (χ0v) is 17.7. The zero-order chi connectivity index (χ0) is 15.1. The van der Waals surface area contributed by atoms with Crippen LogP contribution < -0.4 is 0 Å². The van der Waals surface area contributed by atoms with Gasteiger partial charge in [0.05, 0.1) is 0 Å². The quantitative estimate of drug-likeness (QED) is 0.149. The van der Waals surface area contributed by atoms with Gasteiger partial charge in [-0.2, -0.15) is 0 Å². The van der Waals surface area contributed by atoms with Crippen molar-refractivity contribution in [3.05, 3.63) is 12.7 Å². The van der Waals surface area contributed by atoms with E-state index in [2.05, 4.69) is 6.58 Å². The Hall–Kier alpha value is 1.91. The lowest BCUT2D eigenvalue weighted by Gasteiger charge is -2.06. The molecule has 0 N–H and O–H groups in total. The summed E-state index contributed by atoms with van der Waals surface area (Å²) in [5.41, 5.74) is 0. The normalized spacial score (nSPS) is 11.1. The lowest BCUT2D eigenvalue weighted by molar-refractivity contribution is 0.592. The van der Waals surface area contributed by atoms with E-state index < -0.39 is 12.7 Å². The Balaban J connectivity index is 0. The second-order valence-electron chi connectivity index (χ2n) is 4.16. The molecule has 0 aliphatic rings. The van der Waals surface area contributed by atoms with Gasteiger partial charge in [0.1, 0.15) is 0 Å². The van der Waals surface area contributed by atoms with Crippen LogP contribution in [-0.2, 0) is 0 Å². The van der Waals surface area contributed by atoms with Gasteiger partial charge in [0.15, 0.2) is 0 Å². The Labute approximate surface area is 148 Å². The van der Waals surface area contributed by atoms with Gasteiger partial charge in [0.25, 0.3) is 0 Å². The second-order valence-corrected chi connectivity index (χ2v) is 19.9. The average Bonchev–Trinajstić information content (AvgIpc) is 2.24. The highest BCUT2D eigenvalue weighted by molar-refractivity contribution is 7.64. The van der Waals surface area contributed by atoms with Crippen LogP contribution in [-0.4, -0.2) is 12.7 Å². The van der Waals surface area contributed by atoms with E-state index in [0.717, 1.165) is 18.9 Å². The molecule has 0 aliphatic carbocycles. The predicted octanol–water partition coefficient (Wildman–Crippen LogP) is 7.37. The van der Waals surface area contributed by atoms with Crippen molar-refractivity contribution in [3.63, 3.8) is 0 Å². The molecule has 0 aromatic rings. The monoisotopic (exact) mass is 420 g/mol. The van der Waals surface area contributed by atoms with Crippen LogP contribution in [0.5, 0.6) is 0 Å². The molecule has 0 rings (SSSR count). The Bertz CT molecular complexity index is 193. The Morgan fingerprint density at radius 1 is 0.789 bits per heavy atom. The molecule has 0 aliphatic heterocycles. The summed E-state index contributed by atoms with van der Waals surface area (Å²) in [7, 11) is 0. The van der Waals surface area contributed by atoms with E-state index in [4.69, 9.17) is 66.5 Å². The van der Waals surface area contributed by atoms with Gasteiger partial charge in [-0.15, -0.1) is 73.1 Å². The van der Waals surface area contributed by atoms with Gasteiger partial charge in [-0.05, 0) is 18.9 Å². The molecule has 0 radical (unpaired) electrons. The maximum Gasteiger partial charge on any atom is 0.341 e. The average molecular weight is 423 g/mol. The largest absolute Gasteiger partial charge is 0.341 e. The number of halogens is 6. The number of hydrogen-bond acceptors (Lipinski definition) is 0. The molecular weight excluding hydrogens is 401 g/mol. The summed E-state index contributed by atoms with van der Waals surface area (Å²) in [6.45, 7) is 1.99. The van der Waals surface area contributed by atoms with Crippen molar-refractivity contribution in [1.82, 2.24) is 0 Å². The highest BCUT2D eigenvalue weighted by Gasteiger charge is 2.23. The summed E-state index contributed by atoms with van der Waals surface area (Å²) in [4.78, 5) is 0. The third kappa shape index (κ3) is 33.0. The Morgan fingerprint density at radius 2 is 1.16 bits per heavy atom. The van der Waals surface area contributed by atoms with Gasteiger partial charge in [0.2, 0.25) is 0 Å². The molecular formula is C11H22Cl6Si2. The minimum atomic E-state index is -2.34. The minimum Gasteiger partial charge on any atom is -0.130 e. The third-order valence-electron chi connectivity index (χ3n) is 2.37. The summed E-state index contributed by atoms with van der Waals surface area (Å²) in [6.07, 6.45) is 12.0. The minimum absolute atomic E-state index is 0.814. The fourth-order valence-electron chi connectivity index (χ4n) is 1.50. The lowest BCUT2D eigenvalue weighted by Crippen LogP contribution is -2.07. The van der Waals surface area contributed by atoms with Crippen LogP contribution >= 0.6 is 66.5 Å². The maximum absolute atomic E-state index is 5.79. The van der Waals surface area contributed by atoms with Crippen molar-refractivity contribution in [2.24, 2.45) is 0 Å². The van der Waals surface area contributed by atoms with Crippen molar-refractivity contribution < 1.29 is 0 Å². The van der Waals surface area contributed by atoms with E-state index in [1.54, 1.807) is 0 Å². The van der Waals surface area contributed by atoms with E-state index in [1.807, 2.05) is 6.08 Å². The Kier molecular flexibility index (Phi) is 19.9. The van der Waals surface area contributed by atoms with Crippen LogP contribution in [0.3, 0.4) is 0 Å². The van der Waals surface area contributed by atoms with E-state index in [9.17, 15) is 0 Å². The smallest absolute Gasteiger partial charge is 0.130 e. The van der Waals surface area contributed by atoms with Gasteiger partial charge in [-0.3, -0.25) is 0 Å². The van der Waals surface area contributed by atoms with Gasteiger partial charge in [-0.25, -0.2) is 0 Å². The molecule has 0 amide bonds. The fraction of sp³-hybridized carbons (Fsp3) is 0.818. The second kappa shape index (κ2) is 16.3. The van der Waals surface area contributed by atoms with E-state index in [0.29, 0.717) is 0 Å². The van der Waals surface area contributed by atoms with E-state index in [1.165, 1.54) is 38.5 Å². The Morgan fingerprint density at radius 3 is 1.53 bits per heavy atom. The fourth-order valence-corrected chi connectivity index (χ4v) is 3.35. The summed E-state index contributed by atoms with van der Waals surface area (Å²) < 4.78 is 0. The van der Waals surface area contributed by atoms with Gasteiger partial charge >= 0.3 is 12.7 Å². The molecule has 0 saturated carbocycles. The highest BCUT2D eigenvalue weighted by Crippen LogP contribution is 2.27. The highest BCUT2D eigenvalue weighted by atomic mass is 35.8. The van der Waals surface area contributed by atoms with Crippen LogP contribution in [0, 0.1) is 0 Å². The molecule has 0 atom stereocenters. The maximum atomic E-state index is 5.79. The molecule has 0 nitrogen and oxygen atoms in total. The van der Waals surface area contributed by atoms with Crippen LogP contribution in [0.2, 0.25) is 6.04 Å². The van der Waals surface area contributed by atoms with Crippen molar-refractivity contribution in [3.8, 4) is 0 Å². The first kappa shape index (κ1) is 23.2. The number of rotatable bonds is 10. The van der Waals surface area contributed by atoms with Crippen molar-refractivity contribution in [1.29, 1.82) is 0 Å². The molecule has 0 unspecified atom stereocenters. The predicted molar refractivity (Wildman–Crippen MR) is 100.0 cm³/mol. The van der Waals surface area contributed by atoms with E-state index in [-0.39, 0.29) is 0 Å². The summed E-state index contributed by atoms with van der Waals surface area (Å²) in [5.74, 6) is 0. The van der Waals surface area contributed by atoms with Gasteiger partial charge in [0, 0.05) is 0 Å². The van der Waals surface area contributed by atoms with Crippen LogP contribution in [0.4, 0.5) is 0 Å². The molecule has 0 aromatic heterocycles. The molecule has 0 heterocycles. The van der Waals surface area contributed by atoms with Crippen molar-refractivity contribution in [2.45, 2.75) is 57.4 Å². The van der Waals surface area contributed by atoms with Gasteiger partial charge < -0.3 is 0 Å². The zero-order valence-electron chi connectivity index (χ0n) is 11.0. The summed E-state index contributed by atoms with van der Waals surface area (Å²) in [6, 6.07) is -1.52. The molecule has 19 heavy (non-hydrogen) atoms. The first-order chi connectivity index (χ1) is 8.79. The molecule has 8 heteroatoms. The van der Waals surface area contributed by atoms with Crippen LogP contribution in [0.1, 0.15) is 51.4 Å². The number of hydrogen-bond donors (Lipinski definition) is 0. The number of allylic oxidation sites excluding steroid dienone is 1. The van der Waals surface area contributed by atoms with E-state index >= 15 is 0 Å². The molecule has 0 fully saturated rings. The first-order valence-corrected chi connectivity index (χ1v) is 16.9. The number of unbranched alkanes of at least 4 members (excludes halogenated alkanes) is 7. The van der Waals surface area contributed by atoms with Crippen LogP contribution in [0.15, 0.2) is 12.7 Å². The first-order valence-electron chi connectivity index (χ1n) is 6.39. The molecule has 0 bridgehead atoms. The van der Waals surface area contributed by atoms with Gasteiger partial charge in [-0.1, -0.05) is 44.6 Å². The molecule has 116 valence electrons. The van der Waals surface area contributed by atoms with Crippen LogP contribution in [0.25, 0.3) is 0 Å². The topological polar surface area (TPSA) is 0 Å². The molecule has 0 saturated heterocycles. The third-order valence-corrected chi connectivity index (χ3v) is 4.99.